The van der Waals surface area contributed by atoms with Gasteiger partial charge in [-0.2, -0.15) is 0 Å². The highest BCUT2D eigenvalue weighted by atomic mass is 31.2. The maximum Gasteiger partial charge on any atom is 0.333 e. The van der Waals surface area contributed by atoms with Crippen LogP contribution in [0.5, 0.6) is 0 Å². The van der Waals surface area contributed by atoms with Crippen LogP contribution in [0.25, 0.3) is 0 Å². The smallest absolute Gasteiger partial charge is 0.333 e. The van der Waals surface area contributed by atoms with Gasteiger partial charge in [0.25, 0.3) is 0 Å². The summed E-state index contributed by atoms with van der Waals surface area (Å²) < 4.78 is 15.0. The van der Waals surface area contributed by atoms with Crippen molar-refractivity contribution >= 4 is 13.6 Å². The molecule has 0 saturated carbocycles. The molecule has 0 rings (SSSR count). The lowest BCUT2D eigenvalue weighted by Gasteiger charge is -2.12. The van der Waals surface area contributed by atoms with Crippen LogP contribution in [-0.2, 0) is 14.1 Å². The Labute approximate surface area is 76.6 Å². The summed E-state index contributed by atoms with van der Waals surface area (Å²) in [5.74, 6) is -0.669. The van der Waals surface area contributed by atoms with Gasteiger partial charge in [0, 0.05) is 5.57 Å². The molecule has 0 heterocycles. The number of esters is 1. The third kappa shape index (κ3) is 6.51. The summed E-state index contributed by atoms with van der Waals surface area (Å²) in [5.41, 5.74) is 0.186. The fourth-order valence-electron chi connectivity index (χ4n) is 0.573. The van der Waals surface area contributed by atoms with Crippen LogP contribution in [0.4, 0.5) is 0 Å². The SMILES string of the molecule is C=C(C)C(=O)OC(C)[CH]P(=O)(O)O. The minimum absolute atomic E-state index is 0.186. The number of hydrogen-bond donors (Lipinski definition) is 2. The van der Waals surface area contributed by atoms with Crippen LogP contribution < -0.4 is 0 Å². The van der Waals surface area contributed by atoms with Gasteiger partial charge in [-0.25, -0.2) is 4.79 Å². The third-order valence-electron chi connectivity index (χ3n) is 1.05. The van der Waals surface area contributed by atoms with Crippen LogP contribution in [0.1, 0.15) is 13.8 Å². The van der Waals surface area contributed by atoms with E-state index >= 15 is 0 Å². The van der Waals surface area contributed by atoms with Crippen LogP contribution in [0.2, 0.25) is 0 Å². The molecule has 0 spiro atoms. The van der Waals surface area contributed by atoms with Gasteiger partial charge in [0.1, 0.15) is 12.3 Å². The molecule has 1 radical (unpaired) electrons. The lowest BCUT2D eigenvalue weighted by Crippen LogP contribution is -2.15. The minimum atomic E-state index is -4.24. The lowest BCUT2D eigenvalue weighted by molar-refractivity contribution is -0.141. The molecule has 1 unspecified atom stereocenters. The molecule has 0 aromatic heterocycles. The highest BCUT2D eigenvalue weighted by Crippen LogP contribution is 2.40. The van der Waals surface area contributed by atoms with E-state index in [0.717, 1.165) is 0 Å². The van der Waals surface area contributed by atoms with Crippen molar-refractivity contribution in [1.29, 1.82) is 0 Å². The summed E-state index contributed by atoms with van der Waals surface area (Å²) in [4.78, 5) is 27.8. The van der Waals surface area contributed by atoms with Gasteiger partial charge in [-0.15, -0.1) is 0 Å². The van der Waals surface area contributed by atoms with Crippen molar-refractivity contribution in [3.8, 4) is 0 Å². The van der Waals surface area contributed by atoms with Gasteiger partial charge in [-0.05, 0) is 13.8 Å². The van der Waals surface area contributed by atoms with Crippen molar-refractivity contribution in [3.05, 3.63) is 18.3 Å². The van der Waals surface area contributed by atoms with Gasteiger partial charge in [0.05, 0.1) is 0 Å². The molecule has 1 atom stereocenters. The molecule has 0 bridgehead atoms. The second-order valence-electron chi connectivity index (χ2n) is 2.63. The van der Waals surface area contributed by atoms with E-state index in [-0.39, 0.29) is 5.57 Å². The van der Waals surface area contributed by atoms with Gasteiger partial charge >= 0.3 is 13.6 Å². The summed E-state index contributed by atoms with van der Waals surface area (Å²) in [6.45, 7) is 6.13. The van der Waals surface area contributed by atoms with Gasteiger partial charge in [-0.3, -0.25) is 4.57 Å². The van der Waals surface area contributed by atoms with Gasteiger partial charge in [0.15, 0.2) is 0 Å². The average Bonchev–Trinajstić information content (AvgIpc) is 1.81. The standard InChI is InChI=1S/C7H12O5P/c1-5(2)7(8)12-6(3)4-13(9,10)11/h4,6H,1H2,2-3H3,(H2,9,10,11). The summed E-state index contributed by atoms with van der Waals surface area (Å²) in [7, 11) is -4.24. The van der Waals surface area contributed by atoms with E-state index in [0.29, 0.717) is 6.16 Å². The molecule has 0 aliphatic carbocycles. The van der Waals surface area contributed by atoms with Crippen LogP contribution in [-0.4, -0.2) is 21.9 Å². The van der Waals surface area contributed by atoms with Gasteiger partial charge in [0.2, 0.25) is 0 Å². The molecule has 0 fully saturated rings. The predicted octanol–water partition coefficient (Wildman–Crippen LogP) is 0.834. The van der Waals surface area contributed by atoms with Gasteiger partial charge < -0.3 is 14.5 Å². The first-order valence-electron chi connectivity index (χ1n) is 3.50. The van der Waals surface area contributed by atoms with Gasteiger partial charge in [-0.1, -0.05) is 6.58 Å². The van der Waals surface area contributed by atoms with E-state index in [9.17, 15) is 9.36 Å². The van der Waals surface area contributed by atoms with Crippen LogP contribution >= 0.6 is 7.60 Å². The van der Waals surface area contributed by atoms with Crippen molar-refractivity contribution in [2.75, 3.05) is 0 Å². The monoisotopic (exact) mass is 207 g/mol. The number of rotatable bonds is 4. The Morgan fingerprint density at radius 1 is 1.62 bits per heavy atom. The largest absolute Gasteiger partial charge is 0.458 e. The molecule has 0 aliphatic heterocycles. The van der Waals surface area contributed by atoms with Crippen LogP contribution in [0.15, 0.2) is 12.2 Å². The quantitative estimate of drug-likeness (QED) is 0.405. The second-order valence-corrected chi connectivity index (χ2v) is 4.11. The highest BCUT2D eigenvalue weighted by Gasteiger charge is 2.21. The second kappa shape index (κ2) is 4.56. The Morgan fingerprint density at radius 3 is 2.38 bits per heavy atom. The molecule has 2 N–H and O–H groups in total. The Hall–Kier alpha value is -0.640. The molecule has 0 aromatic rings. The van der Waals surface area contributed by atoms with E-state index in [1.54, 1.807) is 0 Å². The van der Waals surface area contributed by atoms with Crippen molar-refractivity contribution in [3.63, 3.8) is 0 Å². The van der Waals surface area contributed by atoms with E-state index in [4.69, 9.17) is 9.79 Å². The molecule has 13 heavy (non-hydrogen) atoms. The summed E-state index contributed by atoms with van der Waals surface area (Å²) in [5, 5.41) is 0. The maximum absolute atomic E-state index is 10.8. The van der Waals surface area contributed by atoms with Crippen molar-refractivity contribution in [2.45, 2.75) is 20.0 Å². The molecule has 5 nitrogen and oxygen atoms in total. The third-order valence-corrected chi connectivity index (χ3v) is 1.85. The molecule has 0 amide bonds. The number of ether oxygens (including phenoxy) is 1. The molecular formula is C7H12O5P. The Morgan fingerprint density at radius 2 is 2.08 bits per heavy atom. The summed E-state index contributed by atoms with van der Waals surface area (Å²) in [6, 6.07) is 0. The molecule has 6 heteroatoms. The zero-order valence-corrected chi connectivity index (χ0v) is 8.32. The number of hydrogen-bond acceptors (Lipinski definition) is 3. The highest BCUT2D eigenvalue weighted by molar-refractivity contribution is 7.54. The topological polar surface area (TPSA) is 83.8 Å². The van der Waals surface area contributed by atoms with E-state index in [2.05, 4.69) is 11.3 Å². The van der Waals surface area contributed by atoms with Crippen molar-refractivity contribution in [1.82, 2.24) is 0 Å². The maximum atomic E-state index is 10.8. The average molecular weight is 207 g/mol. The molecule has 75 valence electrons. The summed E-state index contributed by atoms with van der Waals surface area (Å²) in [6.07, 6.45) is -0.265. The first-order chi connectivity index (χ1) is 5.72. The van der Waals surface area contributed by atoms with E-state index in [1.807, 2.05) is 0 Å². The fourth-order valence-corrected chi connectivity index (χ4v) is 1.18. The van der Waals surface area contributed by atoms with Crippen molar-refractivity contribution in [2.24, 2.45) is 0 Å². The Balaban J connectivity index is 4.03. The lowest BCUT2D eigenvalue weighted by atomic mass is 10.3. The summed E-state index contributed by atoms with van der Waals surface area (Å²) >= 11 is 0. The minimum Gasteiger partial charge on any atom is -0.458 e. The first-order valence-corrected chi connectivity index (χ1v) is 5.18. The number of carbonyl (C=O) groups excluding carboxylic acids is 1. The zero-order valence-electron chi connectivity index (χ0n) is 7.43. The molecule has 0 aromatic carbocycles. The molecular weight excluding hydrogens is 195 g/mol. The first kappa shape index (κ1) is 12.4. The van der Waals surface area contributed by atoms with Crippen LogP contribution in [0.3, 0.4) is 0 Å². The Bertz CT molecular complexity index is 254. The normalized spacial score (nSPS) is 13.5. The fraction of sp³-hybridized carbons (Fsp3) is 0.429. The van der Waals surface area contributed by atoms with Crippen LogP contribution in [0, 0.1) is 6.16 Å². The van der Waals surface area contributed by atoms with E-state index in [1.165, 1.54) is 13.8 Å². The molecule has 0 saturated heterocycles. The number of carbonyl (C=O) groups is 1. The molecule has 0 aliphatic rings. The predicted molar refractivity (Wildman–Crippen MR) is 46.7 cm³/mol. The van der Waals surface area contributed by atoms with Crippen molar-refractivity contribution < 1.29 is 23.9 Å². The van der Waals surface area contributed by atoms with E-state index < -0.39 is 19.7 Å². The Kier molecular flexibility index (Phi) is 4.33. The zero-order chi connectivity index (χ0) is 10.6.